The van der Waals surface area contributed by atoms with Crippen LogP contribution in [0.4, 0.5) is 4.79 Å². The highest BCUT2D eigenvalue weighted by Crippen LogP contribution is 2.24. The SMILES string of the molecule is CCCCCCC[C@@H]1CC(N)C(O)CN1C(=O)OC(C)(C)C. The van der Waals surface area contributed by atoms with Crippen molar-refractivity contribution in [3.05, 3.63) is 0 Å². The summed E-state index contributed by atoms with van der Waals surface area (Å²) in [6.45, 7) is 8.05. The number of nitrogens with zero attached hydrogens (tertiary/aromatic N) is 1. The maximum Gasteiger partial charge on any atom is 0.410 e. The zero-order chi connectivity index (χ0) is 16.8. The third-order valence-corrected chi connectivity index (χ3v) is 4.13. The molecule has 3 atom stereocenters. The first kappa shape index (κ1) is 19.2. The van der Waals surface area contributed by atoms with E-state index in [2.05, 4.69) is 6.92 Å². The van der Waals surface area contributed by atoms with Crippen LogP contribution in [0.2, 0.25) is 0 Å². The van der Waals surface area contributed by atoms with Crippen LogP contribution in [0.15, 0.2) is 0 Å². The molecule has 0 aromatic carbocycles. The van der Waals surface area contributed by atoms with Gasteiger partial charge in [0.25, 0.3) is 0 Å². The van der Waals surface area contributed by atoms with E-state index in [1.807, 2.05) is 20.8 Å². The van der Waals surface area contributed by atoms with Gasteiger partial charge in [-0.3, -0.25) is 0 Å². The zero-order valence-electron chi connectivity index (χ0n) is 14.7. The van der Waals surface area contributed by atoms with Crippen LogP contribution in [-0.2, 0) is 4.74 Å². The summed E-state index contributed by atoms with van der Waals surface area (Å²) in [5, 5.41) is 9.98. The molecule has 1 fully saturated rings. The lowest BCUT2D eigenvalue weighted by molar-refractivity contribution is -0.0203. The Morgan fingerprint density at radius 1 is 1.27 bits per heavy atom. The van der Waals surface area contributed by atoms with Crippen LogP contribution in [0.1, 0.15) is 72.6 Å². The van der Waals surface area contributed by atoms with Gasteiger partial charge < -0.3 is 20.5 Å². The van der Waals surface area contributed by atoms with Gasteiger partial charge in [0.1, 0.15) is 5.60 Å². The van der Waals surface area contributed by atoms with E-state index < -0.39 is 11.7 Å². The molecule has 1 amide bonds. The lowest BCUT2D eigenvalue weighted by Gasteiger charge is -2.41. The summed E-state index contributed by atoms with van der Waals surface area (Å²) in [5.74, 6) is 0. The Balaban J connectivity index is 2.57. The number of hydrogen-bond donors (Lipinski definition) is 2. The van der Waals surface area contributed by atoms with Crippen LogP contribution in [0.5, 0.6) is 0 Å². The Kier molecular flexibility index (Phi) is 7.63. The van der Waals surface area contributed by atoms with Crippen molar-refractivity contribution in [2.75, 3.05) is 6.54 Å². The first-order valence-corrected chi connectivity index (χ1v) is 8.68. The number of nitrogens with two attached hydrogens (primary N) is 1. The lowest BCUT2D eigenvalue weighted by atomic mass is 9.92. The fraction of sp³-hybridized carbons (Fsp3) is 0.941. The number of aliphatic hydroxyl groups is 1. The van der Waals surface area contributed by atoms with Crippen molar-refractivity contribution in [1.29, 1.82) is 0 Å². The van der Waals surface area contributed by atoms with Gasteiger partial charge in [-0.05, 0) is 33.6 Å². The maximum absolute atomic E-state index is 12.4. The number of hydrogen-bond acceptors (Lipinski definition) is 4. The molecule has 2 unspecified atom stereocenters. The van der Waals surface area contributed by atoms with Gasteiger partial charge in [0, 0.05) is 12.1 Å². The summed E-state index contributed by atoms with van der Waals surface area (Å²) in [5.41, 5.74) is 5.46. The molecule has 1 heterocycles. The number of carbonyl (C=O) groups is 1. The number of ether oxygens (including phenoxy) is 1. The Hall–Kier alpha value is -0.810. The Morgan fingerprint density at radius 2 is 1.91 bits per heavy atom. The number of aliphatic hydroxyl groups excluding tert-OH is 1. The molecule has 5 heteroatoms. The fourth-order valence-electron chi connectivity index (χ4n) is 2.89. The van der Waals surface area contributed by atoms with Crippen LogP contribution in [0.3, 0.4) is 0 Å². The van der Waals surface area contributed by atoms with E-state index in [9.17, 15) is 9.90 Å². The minimum absolute atomic E-state index is 0.0786. The summed E-state index contributed by atoms with van der Waals surface area (Å²) in [7, 11) is 0. The second-order valence-electron chi connectivity index (χ2n) is 7.46. The quantitative estimate of drug-likeness (QED) is 0.739. The number of β-amino-alcohol motifs (C(OH)–C–C–N with tert-alkyl or cyclic N) is 1. The maximum atomic E-state index is 12.4. The number of unbranched alkanes of at least 4 members (excludes halogenated alkanes) is 4. The van der Waals surface area contributed by atoms with Crippen LogP contribution < -0.4 is 5.73 Å². The van der Waals surface area contributed by atoms with Crippen molar-refractivity contribution in [2.45, 2.75) is 96.4 Å². The van der Waals surface area contributed by atoms with Crippen molar-refractivity contribution in [1.82, 2.24) is 4.90 Å². The van der Waals surface area contributed by atoms with Crippen molar-refractivity contribution in [3.8, 4) is 0 Å². The van der Waals surface area contributed by atoms with Gasteiger partial charge in [-0.2, -0.15) is 0 Å². The molecule has 0 radical (unpaired) electrons. The Morgan fingerprint density at radius 3 is 2.50 bits per heavy atom. The Bertz CT molecular complexity index is 341. The molecule has 3 N–H and O–H groups in total. The third-order valence-electron chi connectivity index (χ3n) is 4.13. The number of carbonyl (C=O) groups excluding carboxylic acids is 1. The van der Waals surface area contributed by atoms with Gasteiger partial charge in [0.2, 0.25) is 0 Å². The molecule has 5 nitrogen and oxygen atoms in total. The molecule has 1 aliphatic rings. The van der Waals surface area contributed by atoms with E-state index in [4.69, 9.17) is 10.5 Å². The summed E-state index contributed by atoms with van der Waals surface area (Å²) >= 11 is 0. The predicted octanol–water partition coefficient (Wildman–Crippen LogP) is 3.04. The van der Waals surface area contributed by atoms with Crippen molar-refractivity contribution in [3.63, 3.8) is 0 Å². The van der Waals surface area contributed by atoms with Crippen molar-refractivity contribution in [2.24, 2.45) is 5.73 Å². The minimum Gasteiger partial charge on any atom is -0.444 e. The van der Waals surface area contributed by atoms with Gasteiger partial charge in [-0.25, -0.2) is 4.79 Å². The molecular formula is C17H34N2O3. The number of amides is 1. The van der Waals surface area contributed by atoms with Crippen molar-refractivity contribution >= 4 is 6.09 Å². The molecule has 0 saturated carbocycles. The van der Waals surface area contributed by atoms with Crippen LogP contribution in [0.25, 0.3) is 0 Å². The van der Waals surface area contributed by atoms with Gasteiger partial charge in [-0.15, -0.1) is 0 Å². The number of likely N-dealkylation sites (tertiary alicyclic amines) is 1. The highest BCUT2D eigenvalue weighted by atomic mass is 16.6. The highest BCUT2D eigenvalue weighted by Gasteiger charge is 2.37. The zero-order valence-corrected chi connectivity index (χ0v) is 14.7. The first-order valence-electron chi connectivity index (χ1n) is 8.68. The molecule has 1 aliphatic heterocycles. The fourth-order valence-corrected chi connectivity index (χ4v) is 2.89. The van der Waals surface area contributed by atoms with Crippen molar-refractivity contribution < 1.29 is 14.6 Å². The van der Waals surface area contributed by atoms with E-state index in [-0.39, 0.29) is 24.7 Å². The van der Waals surface area contributed by atoms with Gasteiger partial charge in [0.05, 0.1) is 12.6 Å². The normalized spacial score (nSPS) is 26.1. The third kappa shape index (κ3) is 6.53. The smallest absolute Gasteiger partial charge is 0.410 e. The monoisotopic (exact) mass is 314 g/mol. The molecular weight excluding hydrogens is 280 g/mol. The summed E-state index contributed by atoms with van der Waals surface area (Å²) < 4.78 is 5.47. The predicted molar refractivity (Wildman–Crippen MR) is 88.7 cm³/mol. The van der Waals surface area contributed by atoms with Crippen LogP contribution in [-0.4, -0.2) is 46.4 Å². The Labute approximate surface area is 135 Å². The van der Waals surface area contributed by atoms with E-state index in [1.54, 1.807) is 4.90 Å². The van der Waals surface area contributed by atoms with Gasteiger partial charge >= 0.3 is 6.09 Å². The summed E-state index contributed by atoms with van der Waals surface area (Å²) in [4.78, 5) is 14.0. The molecule has 0 bridgehead atoms. The van der Waals surface area contributed by atoms with E-state index in [0.717, 1.165) is 12.8 Å². The minimum atomic E-state index is -0.663. The largest absolute Gasteiger partial charge is 0.444 e. The average Bonchev–Trinajstić information content (AvgIpc) is 2.40. The number of rotatable bonds is 6. The molecule has 1 rings (SSSR count). The average molecular weight is 314 g/mol. The summed E-state index contributed by atoms with van der Waals surface area (Å²) in [6.07, 6.45) is 6.59. The lowest BCUT2D eigenvalue weighted by Crippen LogP contribution is -2.57. The van der Waals surface area contributed by atoms with Gasteiger partial charge in [-0.1, -0.05) is 39.0 Å². The number of piperidine rings is 1. The molecule has 1 saturated heterocycles. The molecule has 0 spiro atoms. The second-order valence-corrected chi connectivity index (χ2v) is 7.46. The first-order chi connectivity index (χ1) is 10.2. The standard InChI is InChI=1S/C17H34N2O3/c1-5-6-7-8-9-10-13-11-14(18)15(20)12-19(13)16(21)22-17(2,3)4/h13-15,20H,5-12,18H2,1-4H3/t13-,14?,15?/m1/s1. The van der Waals surface area contributed by atoms with Crippen LogP contribution >= 0.6 is 0 Å². The van der Waals surface area contributed by atoms with E-state index in [0.29, 0.717) is 6.42 Å². The molecule has 22 heavy (non-hydrogen) atoms. The highest BCUT2D eigenvalue weighted by molar-refractivity contribution is 5.68. The van der Waals surface area contributed by atoms with Gasteiger partial charge in [0.15, 0.2) is 0 Å². The molecule has 0 aromatic rings. The molecule has 0 aromatic heterocycles. The van der Waals surface area contributed by atoms with E-state index in [1.165, 1.54) is 25.7 Å². The summed E-state index contributed by atoms with van der Waals surface area (Å²) in [6, 6.07) is -0.172. The molecule has 0 aliphatic carbocycles. The second kappa shape index (κ2) is 8.73. The van der Waals surface area contributed by atoms with Crippen LogP contribution in [0, 0.1) is 0 Å². The van der Waals surface area contributed by atoms with E-state index >= 15 is 0 Å². The topological polar surface area (TPSA) is 75.8 Å². The molecule has 130 valence electrons.